The topological polar surface area (TPSA) is 89.8 Å². The second-order valence-electron chi connectivity index (χ2n) is 8.02. The molecule has 4 heterocycles. The Kier molecular flexibility index (Phi) is 5.90. The fourth-order valence-electron chi connectivity index (χ4n) is 4.14. The number of aromatic nitrogens is 3. The molecule has 2 fully saturated rings. The summed E-state index contributed by atoms with van der Waals surface area (Å²) in [6.07, 6.45) is 1.25. The first kappa shape index (κ1) is 21.0. The van der Waals surface area contributed by atoms with Gasteiger partial charge in [-0.2, -0.15) is 0 Å². The highest BCUT2D eigenvalue weighted by atomic mass is 32.1. The van der Waals surface area contributed by atoms with E-state index in [0.717, 1.165) is 30.9 Å². The second-order valence-corrected chi connectivity index (χ2v) is 9.03. The molecule has 32 heavy (non-hydrogen) atoms. The number of benzene rings is 1. The van der Waals surface area contributed by atoms with Crippen molar-refractivity contribution in [1.82, 2.24) is 24.3 Å². The van der Waals surface area contributed by atoms with Crippen molar-refractivity contribution in [3.05, 3.63) is 51.5 Å². The number of hydrogen-bond donors (Lipinski definition) is 0. The minimum Gasteiger partial charge on any atom is -0.410 e. The normalized spacial score (nSPS) is 19.5. The van der Waals surface area contributed by atoms with E-state index in [-0.39, 0.29) is 11.6 Å². The molecular weight excluding hydrogens is 430 g/mol. The van der Waals surface area contributed by atoms with Gasteiger partial charge in [-0.05, 0) is 25.0 Å². The number of morpholine rings is 1. The molecule has 2 aliphatic rings. The monoisotopic (exact) mass is 455 g/mol. The Balaban J connectivity index is 1.40. The Bertz CT molecular complexity index is 1170. The van der Waals surface area contributed by atoms with Crippen molar-refractivity contribution in [3.8, 4) is 5.75 Å². The molecule has 1 amide bonds. The van der Waals surface area contributed by atoms with E-state index in [1.807, 2.05) is 18.2 Å². The molecule has 0 aliphatic carbocycles. The minimum absolute atomic E-state index is 0.155. The van der Waals surface area contributed by atoms with Crippen molar-refractivity contribution in [2.24, 2.45) is 7.05 Å². The van der Waals surface area contributed by atoms with Crippen molar-refractivity contribution in [1.29, 1.82) is 0 Å². The Hall–Kier alpha value is -2.82. The molecule has 0 radical (unpaired) electrons. The van der Waals surface area contributed by atoms with Crippen molar-refractivity contribution in [2.75, 3.05) is 32.8 Å². The van der Waals surface area contributed by atoms with Gasteiger partial charge in [0.25, 0.3) is 5.56 Å². The summed E-state index contributed by atoms with van der Waals surface area (Å²) in [7, 11) is 1.74. The zero-order valence-corrected chi connectivity index (χ0v) is 18.7. The highest BCUT2D eigenvalue weighted by Crippen LogP contribution is 2.36. The highest BCUT2D eigenvalue weighted by molar-refractivity contribution is 7.18. The van der Waals surface area contributed by atoms with Gasteiger partial charge in [0, 0.05) is 26.7 Å². The van der Waals surface area contributed by atoms with Crippen LogP contribution in [0.3, 0.4) is 0 Å². The first-order valence-electron chi connectivity index (χ1n) is 10.8. The number of para-hydroxylation sites is 1. The summed E-state index contributed by atoms with van der Waals surface area (Å²) < 4.78 is 12.5. The predicted octanol–water partition coefficient (Wildman–Crippen LogP) is 2.56. The quantitative estimate of drug-likeness (QED) is 0.597. The maximum atomic E-state index is 13.0. The van der Waals surface area contributed by atoms with E-state index in [4.69, 9.17) is 14.5 Å². The van der Waals surface area contributed by atoms with E-state index in [1.54, 1.807) is 28.6 Å². The van der Waals surface area contributed by atoms with E-state index in [1.165, 1.54) is 11.3 Å². The van der Waals surface area contributed by atoms with E-state index >= 15 is 0 Å². The third-order valence-electron chi connectivity index (χ3n) is 5.94. The zero-order chi connectivity index (χ0) is 22.1. The van der Waals surface area contributed by atoms with Gasteiger partial charge in [-0.25, -0.2) is 14.8 Å². The first-order valence-corrected chi connectivity index (χ1v) is 11.6. The molecule has 0 spiro atoms. The average Bonchev–Trinajstić information content (AvgIpc) is 3.46. The largest absolute Gasteiger partial charge is 0.415 e. The number of fused-ring (bicyclic) bond motifs is 1. The van der Waals surface area contributed by atoms with Crippen molar-refractivity contribution < 1.29 is 14.3 Å². The minimum atomic E-state index is -0.396. The van der Waals surface area contributed by atoms with Crippen LogP contribution in [0.15, 0.2) is 35.1 Å². The molecule has 2 saturated heterocycles. The van der Waals surface area contributed by atoms with Crippen LogP contribution in [-0.2, 0) is 18.3 Å². The number of nitrogens with zero attached hydrogens (tertiary/aromatic N) is 5. The fraction of sp³-hybridized carbons (Fsp3) is 0.455. The Morgan fingerprint density at radius 1 is 1.19 bits per heavy atom. The van der Waals surface area contributed by atoms with Crippen molar-refractivity contribution in [3.63, 3.8) is 0 Å². The molecule has 2 aliphatic heterocycles. The molecule has 168 valence electrons. The molecule has 1 aromatic carbocycles. The van der Waals surface area contributed by atoms with E-state index < -0.39 is 6.09 Å². The number of likely N-dealkylation sites (tertiary alicyclic amines) is 1. The van der Waals surface area contributed by atoms with Gasteiger partial charge in [0.2, 0.25) is 0 Å². The summed E-state index contributed by atoms with van der Waals surface area (Å²) in [6, 6.07) is 8.83. The maximum absolute atomic E-state index is 13.0. The summed E-state index contributed by atoms with van der Waals surface area (Å²) in [4.78, 5) is 39.7. The van der Waals surface area contributed by atoms with Gasteiger partial charge < -0.3 is 9.47 Å². The molecule has 0 saturated carbocycles. The van der Waals surface area contributed by atoms with Gasteiger partial charge >= 0.3 is 6.09 Å². The number of rotatable bonds is 4. The van der Waals surface area contributed by atoms with E-state index in [9.17, 15) is 9.59 Å². The summed E-state index contributed by atoms with van der Waals surface area (Å²) in [6.45, 7) is 4.22. The smallest absolute Gasteiger partial charge is 0.410 e. The van der Waals surface area contributed by atoms with Gasteiger partial charge in [-0.3, -0.25) is 19.2 Å². The van der Waals surface area contributed by atoms with Crippen LogP contribution in [0.5, 0.6) is 5.75 Å². The lowest BCUT2D eigenvalue weighted by Crippen LogP contribution is -2.37. The molecule has 1 unspecified atom stereocenters. The summed E-state index contributed by atoms with van der Waals surface area (Å²) in [5.41, 5.74) is 0.207. The highest BCUT2D eigenvalue weighted by Gasteiger charge is 2.34. The Morgan fingerprint density at radius 3 is 2.75 bits per heavy atom. The molecule has 1 atom stereocenters. The third kappa shape index (κ3) is 4.13. The molecule has 3 aromatic rings. The number of hydrogen-bond acceptors (Lipinski definition) is 8. The second kappa shape index (κ2) is 8.97. The van der Waals surface area contributed by atoms with Crippen LogP contribution in [0.2, 0.25) is 0 Å². The average molecular weight is 456 g/mol. The van der Waals surface area contributed by atoms with Crippen LogP contribution in [0, 0.1) is 0 Å². The van der Waals surface area contributed by atoms with Crippen LogP contribution < -0.4 is 10.3 Å². The number of amides is 1. The van der Waals surface area contributed by atoms with Gasteiger partial charge in [0.15, 0.2) is 10.3 Å². The SMILES string of the molecule is Cn1c(CN2CCOCC2)nc2sc(C3CCCN3C(=O)Oc3ccccc3)nc2c1=O. The van der Waals surface area contributed by atoms with Crippen molar-refractivity contribution >= 4 is 27.8 Å². The zero-order valence-electron chi connectivity index (χ0n) is 17.9. The Labute approximate surface area is 189 Å². The van der Waals surface area contributed by atoms with Crippen LogP contribution in [-0.4, -0.2) is 63.3 Å². The van der Waals surface area contributed by atoms with Gasteiger partial charge in [0.05, 0.1) is 25.8 Å². The molecule has 10 heteroatoms. The van der Waals surface area contributed by atoms with Gasteiger partial charge in [-0.1, -0.05) is 29.5 Å². The van der Waals surface area contributed by atoms with Crippen LogP contribution in [0.25, 0.3) is 10.3 Å². The van der Waals surface area contributed by atoms with Crippen LogP contribution in [0.1, 0.15) is 29.7 Å². The van der Waals surface area contributed by atoms with Crippen molar-refractivity contribution in [2.45, 2.75) is 25.4 Å². The van der Waals surface area contributed by atoms with Crippen LogP contribution in [0.4, 0.5) is 4.79 Å². The lowest BCUT2D eigenvalue weighted by atomic mass is 10.2. The lowest BCUT2D eigenvalue weighted by Gasteiger charge is -2.26. The molecule has 0 N–H and O–H groups in total. The number of ether oxygens (including phenoxy) is 2. The fourth-order valence-corrected chi connectivity index (χ4v) is 5.24. The third-order valence-corrected chi connectivity index (χ3v) is 6.99. The molecule has 5 rings (SSSR count). The van der Waals surface area contributed by atoms with E-state index in [2.05, 4.69) is 9.88 Å². The predicted molar refractivity (Wildman–Crippen MR) is 120 cm³/mol. The first-order chi connectivity index (χ1) is 15.6. The van der Waals surface area contributed by atoms with Gasteiger partial charge in [0.1, 0.15) is 16.6 Å². The molecule has 0 bridgehead atoms. The van der Waals surface area contributed by atoms with Gasteiger partial charge in [-0.15, -0.1) is 0 Å². The lowest BCUT2D eigenvalue weighted by molar-refractivity contribution is 0.0326. The Morgan fingerprint density at radius 2 is 1.97 bits per heavy atom. The number of thiazole rings is 1. The summed E-state index contributed by atoms with van der Waals surface area (Å²) in [5.74, 6) is 1.22. The molecular formula is C22H25N5O4S. The van der Waals surface area contributed by atoms with E-state index in [0.29, 0.717) is 48.2 Å². The number of carbonyl (C=O) groups excluding carboxylic acids is 1. The van der Waals surface area contributed by atoms with Crippen LogP contribution >= 0.6 is 11.3 Å². The molecule has 2 aromatic heterocycles. The standard InChI is InChI=1S/C22H25N5O4S/c1-25-17(14-26-10-12-30-13-11-26)23-20-18(21(25)28)24-19(32-20)16-8-5-9-27(16)22(29)31-15-6-3-2-4-7-15/h2-4,6-7,16H,5,8-14H2,1H3. The molecule has 9 nitrogen and oxygen atoms in total. The maximum Gasteiger partial charge on any atom is 0.415 e. The summed E-state index contributed by atoms with van der Waals surface area (Å²) in [5, 5.41) is 0.732. The summed E-state index contributed by atoms with van der Waals surface area (Å²) >= 11 is 1.39. The number of carbonyl (C=O) groups is 1.